The first-order valence-corrected chi connectivity index (χ1v) is 4.90. The average molecular weight is 281 g/mol. The fraction of sp³-hybridized carbons (Fsp3) is 0.286. The summed E-state index contributed by atoms with van der Waals surface area (Å²) in [5.41, 5.74) is 2.29. The molecule has 0 saturated heterocycles. The van der Waals surface area contributed by atoms with Crippen LogP contribution in [-0.2, 0) is 6.54 Å². The summed E-state index contributed by atoms with van der Waals surface area (Å²) in [6.45, 7) is 2.25. The number of hydrogen-bond acceptors (Lipinski definition) is 3. The molecule has 0 radical (unpaired) electrons. The molecule has 1 rings (SSSR count). The second-order valence-electron chi connectivity index (χ2n) is 2.71. The maximum Gasteiger partial charge on any atom is 0.404 e. The normalized spacial score (nSPS) is 11.8. The van der Waals surface area contributed by atoms with E-state index in [1.807, 2.05) is 6.92 Å². The van der Waals surface area contributed by atoms with E-state index in [4.69, 9.17) is 11.6 Å². The maximum absolute atomic E-state index is 10.4. The van der Waals surface area contributed by atoms with Gasteiger partial charge in [-0.3, -0.25) is 0 Å². The van der Waals surface area contributed by atoms with E-state index >= 15 is 0 Å². The van der Waals surface area contributed by atoms with Crippen LogP contribution in [0.1, 0.15) is 6.92 Å². The van der Waals surface area contributed by atoms with Crippen LogP contribution in [0.15, 0.2) is 21.8 Å². The SMILES string of the molecule is C/C(=C/Cl)Cn1cc(Br)c([N+](=O)[O-])n1. The molecular weight excluding hydrogens is 273 g/mol. The molecule has 0 aliphatic heterocycles. The number of hydrogen-bond donors (Lipinski definition) is 0. The third-order valence-electron chi connectivity index (χ3n) is 1.47. The molecule has 7 heteroatoms. The minimum Gasteiger partial charge on any atom is -0.358 e. The highest BCUT2D eigenvalue weighted by molar-refractivity contribution is 9.10. The number of nitro groups is 1. The molecule has 14 heavy (non-hydrogen) atoms. The molecule has 0 N–H and O–H groups in total. The van der Waals surface area contributed by atoms with Crippen molar-refractivity contribution in [2.24, 2.45) is 0 Å². The van der Waals surface area contributed by atoms with Crippen LogP contribution in [0.5, 0.6) is 0 Å². The fourth-order valence-electron chi connectivity index (χ4n) is 0.882. The second-order valence-corrected chi connectivity index (χ2v) is 3.78. The average Bonchev–Trinajstić information content (AvgIpc) is 2.46. The monoisotopic (exact) mass is 279 g/mol. The van der Waals surface area contributed by atoms with Crippen molar-refractivity contribution in [3.8, 4) is 0 Å². The van der Waals surface area contributed by atoms with E-state index in [-0.39, 0.29) is 5.82 Å². The van der Waals surface area contributed by atoms with E-state index in [2.05, 4.69) is 21.0 Å². The Morgan fingerprint density at radius 2 is 2.57 bits per heavy atom. The summed E-state index contributed by atoms with van der Waals surface area (Å²) in [5, 5.41) is 14.2. The minimum absolute atomic E-state index is 0.188. The van der Waals surface area contributed by atoms with Gasteiger partial charge in [0, 0.05) is 5.54 Å². The van der Waals surface area contributed by atoms with Gasteiger partial charge in [-0.25, -0.2) is 0 Å². The first-order valence-electron chi connectivity index (χ1n) is 3.67. The predicted octanol–water partition coefficient (Wildman–Crippen LogP) is 2.70. The van der Waals surface area contributed by atoms with Crippen molar-refractivity contribution in [1.82, 2.24) is 9.78 Å². The molecule has 0 aliphatic carbocycles. The van der Waals surface area contributed by atoms with Gasteiger partial charge in [0.05, 0.1) is 17.8 Å². The molecule has 0 saturated carbocycles. The van der Waals surface area contributed by atoms with Crippen molar-refractivity contribution in [3.05, 3.63) is 31.9 Å². The van der Waals surface area contributed by atoms with Gasteiger partial charge in [-0.05, 0) is 33.4 Å². The molecule has 5 nitrogen and oxygen atoms in total. The maximum atomic E-state index is 10.4. The number of halogens is 2. The molecule has 1 aromatic heterocycles. The van der Waals surface area contributed by atoms with E-state index < -0.39 is 4.92 Å². The van der Waals surface area contributed by atoms with E-state index in [0.29, 0.717) is 11.0 Å². The molecule has 1 aromatic rings. The summed E-state index contributed by atoms with van der Waals surface area (Å²) in [6, 6.07) is 0. The molecule has 0 spiro atoms. The van der Waals surface area contributed by atoms with Gasteiger partial charge in [0.1, 0.15) is 4.47 Å². The van der Waals surface area contributed by atoms with Crippen LogP contribution in [0, 0.1) is 10.1 Å². The summed E-state index contributed by atoms with van der Waals surface area (Å²) in [5.74, 6) is -0.188. The van der Waals surface area contributed by atoms with Crippen molar-refractivity contribution in [2.45, 2.75) is 13.5 Å². The van der Waals surface area contributed by atoms with E-state index in [9.17, 15) is 10.1 Å². The van der Waals surface area contributed by atoms with Crippen molar-refractivity contribution in [3.63, 3.8) is 0 Å². The van der Waals surface area contributed by atoms with E-state index in [1.54, 1.807) is 6.20 Å². The summed E-state index contributed by atoms with van der Waals surface area (Å²) >= 11 is 8.51. The molecule has 76 valence electrons. The van der Waals surface area contributed by atoms with Gasteiger partial charge in [-0.1, -0.05) is 11.6 Å². The molecule has 0 bridgehead atoms. The second kappa shape index (κ2) is 4.56. The molecule has 0 aromatic carbocycles. The third kappa shape index (κ3) is 2.55. The minimum atomic E-state index is -0.541. The molecule has 0 fully saturated rings. The first-order chi connectivity index (χ1) is 6.54. The Kier molecular flexibility index (Phi) is 3.65. The van der Waals surface area contributed by atoms with Crippen molar-refractivity contribution < 1.29 is 4.92 Å². The lowest BCUT2D eigenvalue weighted by Crippen LogP contribution is -2.00. The fourth-order valence-corrected chi connectivity index (χ4v) is 1.41. The van der Waals surface area contributed by atoms with Crippen LogP contribution in [0.2, 0.25) is 0 Å². The molecular formula is C7H7BrClN3O2. The lowest BCUT2D eigenvalue weighted by molar-refractivity contribution is -0.390. The zero-order valence-corrected chi connectivity index (χ0v) is 9.62. The van der Waals surface area contributed by atoms with Crippen molar-refractivity contribution in [1.29, 1.82) is 0 Å². The highest BCUT2D eigenvalue weighted by Crippen LogP contribution is 2.22. The Morgan fingerprint density at radius 3 is 3.00 bits per heavy atom. The first kappa shape index (κ1) is 11.2. The van der Waals surface area contributed by atoms with Crippen LogP contribution < -0.4 is 0 Å². The summed E-state index contributed by atoms with van der Waals surface area (Å²) in [7, 11) is 0. The third-order valence-corrected chi connectivity index (χ3v) is 2.40. The Balaban J connectivity index is 2.92. The number of allylic oxidation sites excluding steroid dienone is 1. The number of rotatable bonds is 3. The summed E-state index contributed by atoms with van der Waals surface area (Å²) in [4.78, 5) is 9.91. The Labute approximate surface area is 93.6 Å². The topological polar surface area (TPSA) is 61.0 Å². The van der Waals surface area contributed by atoms with Crippen molar-refractivity contribution in [2.75, 3.05) is 0 Å². The van der Waals surface area contributed by atoms with Crippen LogP contribution in [-0.4, -0.2) is 14.7 Å². The Bertz CT molecular complexity index is 388. The van der Waals surface area contributed by atoms with Gasteiger partial charge in [0.2, 0.25) is 0 Å². The highest BCUT2D eigenvalue weighted by Gasteiger charge is 2.18. The van der Waals surface area contributed by atoms with Crippen LogP contribution in [0.25, 0.3) is 0 Å². The smallest absolute Gasteiger partial charge is 0.358 e. The van der Waals surface area contributed by atoms with Gasteiger partial charge in [-0.2, -0.15) is 4.68 Å². The zero-order valence-electron chi connectivity index (χ0n) is 7.28. The molecule has 0 atom stereocenters. The molecule has 0 unspecified atom stereocenters. The van der Waals surface area contributed by atoms with Gasteiger partial charge in [-0.15, -0.1) is 0 Å². The van der Waals surface area contributed by atoms with Crippen LogP contribution in [0.3, 0.4) is 0 Å². The molecule has 0 amide bonds. The summed E-state index contributed by atoms with van der Waals surface area (Å²) < 4.78 is 1.82. The number of aromatic nitrogens is 2. The molecule has 0 aliphatic rings. The standard InChI is InChI=1S/C7H7BrClN3O2/c1-5(2-9)3-11-4-6(8)7(10-11)12(13)14/h2,4H,3H2,1H3/b5-2-. The lowest BCUT2D eigenvalue weighted by atomic mass is 10.3. The predicted molar refractivity (Wildman–Crippen MR) is 56.2 cm³/mol. The largest absolute Gasteiger partial charge is 0.404 e. The quantitative estimate of drug-likeness (QED) is 0.632. The van der Waals surface area contributed by atoms with Gasteiger partial charge >= 0.3 is 5.82 Å². The van der Waals surface area contributed by atoms with Crippen molar-refractivity contribution >= 4 is 33.3 Å². The summed E-state index contributed by atoms with van der Waals surface area (Å²) in [6.07, 6.45) is 1.54. The molecule has 1 heterocycles. The highest BCUT2D eigenvalue weighted by atomic mass is 79.9. The van der Waals surface area contributed by atoms with Crippen LogP contribution >= 0.6 is 27.5 Å². The van der Waals surface area contributed by atoms with Gasteiger partial charge in [0.25, 0.3) is 0 Å². The zero-order chi connectivity index (χ0) is 10.7. The Hall–Kier alpha value is -0.880. The lowest BCUT2D eigenvalue weighted by Gasteiger charge is -1.93. The van der Waals surface area contributed by atoms with E-state index in [1.165, 1.54) is 10.2 Å². The van der Waals surface area contributed by atoms with Gasteiger partial charge < -0.3 is 10.1 Å². The van der Waals surface area contributed by atoms with Gasteiger partial charge in [0.15, 0.2) is 0 Å². The number of nitrogens with zero attached hydrogens (tertiary/aromatic N) is 3. The van der Waals surface area contributed by atoms with Crippen LogP contribution in [0.4, 0.5) is 5.82 Å². The Morgan fingerprint density at radius 1 is 1.93 bits per heavy atom. The van der Waals surface area contributed by atoms with E-state index in [0.717, 1.165) is 5.57 Å².